The molecule has 8 nitrogen and oxygen atoms in total. The molecule has 1 aromatic carbocycles. The standard InChI is InChI=1S/C26H29N5O3S/c1-27-19-7-3-4-8-20(19)31-21-11-14-28-25(32)23(21)24(30-31)29-18-9-10-22-17(15-18)16-26(35(22,33)34)12-5-2-6-13-26/h9-11,14-15,19-20H,2-8,12-13,16H2,(H,28,32)(H,29,30)/t19-,20-/m0/s1. The van der Waals surface area contributed by atoms with E-state index in [9.17, 15) is 13.2 Å². The minimum atomic E-state index is -3.35. The van der Waals surface area contributed by atoms with Crippen LogP contribution in [-0.2, 0) is 16.3 Å². The molecule has 1 spiro atoms. The van der Waals surface area contributed by atoms with E-state index in [1.54, 1.807) is 18.3 Å². The Morgan fingerprint density at radius 1 is 1.11 bits per heavy atom. The predicted octanol–water partition coefficient (Wildman–Crippen LogP) is 4.90. The van der Waals surface area contributed by atoms with Gasteiger partial charge in [0, 0.05) is 18.3 Å². The molecule has 0 bridgehead atoms. The van der Waals surface area contributed by atoms with Crippen molar-refractivity contribution in [1.29, 1.82) is 0 Å². The van der Waals surface area contributed by atoms with Crippen molar-refractivity contribution in [3.63, 3.8) is 0 Å². The number of aromatic nitrogens is 3. The van der Waals surface area contributed by atoms with Crippen molar-refractivity contribution in [1.82, 2.24) is 14.8 Å². The zero-order valence-electron chi connectivity index (χ0n) is 19.6. The van der Waals surface area contributed by atoms with E-state index in [1.807, 2.05) is 16.8 Å². The summed E-state index contributed by atoms with van der Waals surface area (Å²) in [7, 11) is -3.35. The van der Waals surface area contributed by atoms with Crippen LogP contribution in [0.5, 0.6) is 0 Å². The molecule has 0 amide bonds. The summed E-state index contributed by atoms with van der Waals surface area (Å²) < 4.78 is 28.0. The zero-order chi connectivity index (χ0) is 24.2. The molecule has 2 atom stereocenters. The van der Waals surface area contributed by atoms with Crippen LogP contribution in [0.25, 0.3) is 15.7 Å². The third kappa shape index (κ3) is 3.41. The second-order valence-corrected chi connectivity index (χ2v) is 12.6. The number of nitrogens with zero attached hydrogens (tertiary/aromatic N) is 3. The number of hydrogen-bond donors (Lipinski definition) is 2. The average Bonchev–Trinajstić information content (AvgIpc) is 3.32. The van der Waals surface area contributed by atoms with E-state index in [1.165, 1.54) is 0 Å². The monoisotopic (exact) mass is 491 g/mol. The van der Waals surface area contributed by atoms with E-state index in [-0.39, 0.29) is 17.6 Å². The lowest BCUT2D eigenvalue weighted by Gasteiger charge is -2.31. The molecular formula is C26H29N5O3S. The van der Waals surface area contributed by atoms with Crippen LogP contribution in [0.4, 0.5) is 11.5 Å². The van der Waals surface area contributed by atoms with Gasteiger partial charge in [0.05, 0.1) is 15.2 Å². The molecule has 1 aliphatic heterocycles. The Hall–Kier alpha value is -3.12. The molecule has 0 radical (unpaired) electrons. The highest BCUT2D eigenvalue weighted by atomic mass is 32.2. The lowest BCUT2D eigenvalue weighted by molar-refractivity contribution is 0.321. The van der Waals surface area contributed by atoms with Gasteiger partial charge in [0.15, 0.2) is 15.7 Å². The van der Waals surface area contributed by atoms with Crippen molar-refractivity contribution < 1.29 is 8.42 Å². The fourth-order valence-corrected chi connectivity index (χ4v) is 8.84. The number of fused-ring (bicyclic) bond motifs is 2. The molecule has 2 N–H and O–H groups in total. The average molecular weight is 492 g/mol. The number of benzene rings is 1. The van der Waals surface area contributed by atoms with Gasteiger partial charge in [0.25, 0.3) is 5.56 Å². The van der Waals surface area contributed by atoms with E-state index >= 15 is 0 Å². The van der Waals surface area contributed by atoms with E-state index in [4.69, 9.17) is 11.7 Å². The van der Waals surface area contributed by atoms with E-state index < -0.39 is 14.6 Å². The molecule has 35 heavy (non-hydrogen) atoms. The van der Waals surface area contributed by atoms with Crippen LogP contribution in [0.2, 0.25) is 0 Å². The number of sulfone groups is 1. The Balaban J connectivity index is 1.39. The van der Waals surface area contributed by atoms with Gasteiger partial charge in [0.2, 0.25) is 6.04 Å². The Kier molecular flexibility index (Phi) is 5.26. The van der Waals surface area contributed by atoms with Crippen LogP contribution in [0.3, 0.4) is 0 Å². The molecule has 2 aromatic heterocycles. The van der Waals surface area contributed by atoms with Gasteiger partial charge >= 0.3 is 0 Å². The van der Waals surface area contributed by atoms with Gasteiger partial charge in [-0.1, -0.05) is 25.7 Å². The van der Waals surface area contributed by atoms with Crippen molar-refractivity contribution in [3.8, 4) is 0 Å². The Labute approximate surface area is 204 Å². The molecule has 3 heterocycles. The van der Waals surface area contributed by atoms with Crippen LogP contribution in [-0.4, -0.2) is 34.0 Å². The van der Waals surface area contributed by atoms with Crippen molar-refractivity contribution in [2.75, 3.05) is 5.32 Å². The van der Waals surface area contributed by atoms with Crippen LogP contribution in [0.15, 0.2) is 40.2 Å². The highest BCUT2D eigenvalue weighted by Gasteiger charge is 2.51. The summed E-state index contributed by atoms with van der Waals surface area (Å²) in [5, 5.41) is 8.56. The maximum atomic E-state index is 13.4. The molecule has 0 saturated heterocycles. The largest absolute Gasteiger partial charge is 0.338 e. The van der Waals surface area contributed by atoms with Gasteiger partial charge in [-0.15, -0.1) is 0 Å². The molecule has 9 heteroatoms. The van der Waals surface area contributed by atoms with Crippen LogP contribution >= 0.6 is 0 Å². The van der Waals surface area contributed by atoms with Gasteiger partial charge in [0.1, 0.15) is 11.4 Å². The van der Waals surface area contributed by atoms with Gasteiger partial charge in [-0.05, 0) is 61.9 Å². The first kappa shape index (κ1) is 22.4. The van der Waals surface area contributed by atoms with Crippen molar-refractivity contribution in [3.05, 3.63) is 57.8 Å². The normalized spacial score (nSPS) is 24.8. The lowest BCUT2D eigenvalue weighted by Crippen LogP contribution is -2.38. The molecular weight excluding hydrogens is 462 g/mol. The minimum absolute atomic E-state index is 0.0718. The fraction of sp³-hybridized carbons (Fsp3) is 0.500. The SMILES string of the molecule is [C-]#[N+][C@H]1CCCC[C@@H]1n1nc(Nc2ccc3c(c2)CC2(CCCCC2)S3(=O)=O)c2c(=O)[nH]ccc21. The van der Waals surface area contributed by atoms with Gasteiger partial charge in [-0.3, -0.25) is 9.48 Å². The Bertz CT molecular complexity index is 1510. The van der Waals surface area contributed by atoms with Gasteiger partial charge in [-0.25, -0.2) is 15.0 Å². The van der Waals surface area contributed by atoms with Crippen molar-refractivity contribution in [2.24, 2.45) is 0 Å². The number of nitrogens with one attached hydrogen (secondary N) is 2. The first-order valence-electron chi connectivity index (χ1n) is 12.5. The maximum absolute atomic E-state index is 13.4. The molecule has 2 saturated carbocycles. The maximum Gasteiger partial charge on any atom is 0.261 e. The minimum Gasteiger partial charge on any atom is -0.338 e. The molecule has 6 rings (SSSR count). The second-order valence-electron chi connectivity index (χ2n) is 10.3. The second kappa shape index (κ2) is 8.23. The first-order chi connectivity index (χ1) is 16.9. The Morgan fingerprint density at radius 2 is 1.91 bits per heavy atom. The highest BCUT2D eigenvalue weighted by Crippen LogP contribution is 2.48. The van der Waals surface area contributed by atoms with Crippen molar-refractivity contribution in [2.45, 2.75) is 85.9 Å². The highest BCUT2D eigenvalue weighted by molar-refractivity contribution is 7.93. The molecule has 182 valence electrons. The summed E-state index contributed by atoms with van der Waals surface area (Å²) >= 11 is 0. The molecule has 3 aliphatic rings. The molecule has 2 fully saturated rings. The number of hydrogen-bond acceptors (Lipinski definition) is 5. The lowest BCUT2D eigenvalue weighted by atomic mass is 9.84. The zero-order valence-corrected chi connectivity index (χ0v) is 20.4. The summed E-state index contributed by atoms with van der Waals surface area (Å²) in [5.41, 5.74) is 2.03. The predicted molar refractivity (Wildman–Crippen MR) is 135 cm³/mol. The number of pyridine rings is 1. The van der Waals surface area contributed by atoms with E-state index in [2.05, 4.69) is 15.1 Å². The summed E-state index contributed by atoms with van der Waals surface area (Å²) in [6.45, 7) is 7.65. The van der Waals surface area contributed by atoms with Crippen LogP contribution in [0.1, 0.15) is 69.4 Å². The number of aromatic amines is 1. The smallest absolute Gasteiger partial charge is 0.261 e. The Morgan fingerprint density at radius 3 is 2.71 bits per heavy atom. The van der Waals surface area contributed by atoms with Crippen LogP contribution in [0, 0.1) is 6.57 Å². The van der Waals surface area contributed by atoms with E-state index in [0.717, 1.165) is 63.4 Å². The number of anilines is 2. The third-order valence-corrected chi connectivity index (χ3v) is 10.9. The van der Waals surface area contributed by atoms with Crippen molar-refractivity contribution >= 4 is 32.2 Å². The summed E-state index contributed by atoms with van der Waals surface area (Å²) in [5.74, 6) is 0.435. The van der Waals surface area contributed by atoms with Gasteiger partial charge in [-0.2, -0.15) is 5.10 Å². The summed E-state index contributed by atoms with van der Waals surface area (Å²) in [4.78, 5) is 19.9. The molecule has 2 aliphatic carbocycles. The number of rotatable bonds is 3. The van der Waals surface area contributed by atoms with Gasteiger partial charge < -0.3 is 15.1 Å². The third-order valence-electron chi connectivity index (χ3n) is 8.26. The molecule has 0 unspecified atom stereocenters. The van der Waals surface area contributed by atoms with Crippen LogP contribution < -0.4 is 10.9 Å². The summed E-state index contributed by atoms with van der Waals surface area (Å²) in [6, 6.07) is 6.99. The van der Waals surface area contributed by atoms with E-state index in [0.29, 0.717) is 33.7 Å². The number of H-pyrrole nitrogens is 1. The first-order valence-corrected chi connectivity index (χ1v) is 14.0. The summed E-state index contributed by atoms with van der Waals surface area (Å²) in [6.07, 6.45) is 10.4. The fourth-order valence-electron chi connectivity index (χ4n) is 6.48. The molecule has 3 aromatic rings. The topological polar surface area (TPSA) is 101 Å². The quantitative estimate of drug-likeness (QED) is 0.507.